The van der Waals surface area contributed by atoms with Crippen molar-refractivity contribution in [2.75, 3.05) is 0 Å². The Bertz CT molecular complexity index is 421. The van der Waals surface area contributed by atoms with E-state index in [1.807, 2.05) is 0 Å². The van der Waals surface area contributed by atoms with E-state index >= 15 is 0 Å². The highest BCUT2D eigenvalue weighted by Crippen LogP contribution is 2.19. The minimum atomic E-state index is -1.55. The van der Waals surface area contributed by atoms with E-state index in [2.05, 4.69) is 21.9 Å². The van der Waals surface area contributed by atoms with Crippen molar-refractivity contribution in [2.24, 2.45) is 0 Å². The number of carboxylic acid groups (broad SMARTS) is 1. The molecular weight excluding hydrogens is 275 g/mol. The average molecular weight is 300 g/mol. The van der Waals surface area contributed by atoms with Gasteiger partial charge in [-0.2, -0.15) is 9.49 Å². The number of aromatic amines is 1. The van der Waals surface area contributed by atoms with Crippen LogP contribution in [-0.4, -0.2) is 21.5 Å². The van der Waals surface area contributed by atoms with Crippen LogP contribution < -0.4 is 4.74 Å². The summed E-state index contributed by atoms with van der Waals surface area (Å²) in [4.78, 5) is 10.3. The number of aryl methyl sites for hydroxylation is 1. The van der Waals surface area contributed by atoms with Crippen molar-refractivity contribution < 1.29 is 19.0 Å². The Kier molecular flexibility index (Phi) is 8.47. The molecule has 6 heteroatoms. The van der Waals surface area contributed by atoms with Gasteiger partial charge in [0.25, 0.3) is 5.88 Å². The molecule has 2 N–H and O–H groups in total. The molecule has 5 nitrogen and oxygen atoms in total. The molecule has 0 spiro atoms. The van der Waals surface area contributed by atoms with Crippen LogP contribution in [0.15, 0.2) is 0 Å². The molecule has 1 aromatic heterocycles. The monoisotopic (exact) mass is 300 g/mol. The number of carbonyl (C=O) groups is 1. The van der Waals surface area contributed by atoms with E-state index in [-0.39, 0.29) is 5.69 Å². The van der Waals surface area contributed by atoms with Crippen molar-refractivity contribution in [3.8, 4) is 5.88 Å². The molecule has 0 unspecified atom stereocenters. The lowest BCUT2D eigenvalue weighted by molar-refractivity contribution is 0.140. The molecule has 0 amide bonds. The number of nitrogens with one attached hydrogen (secondary N) is 1. The lowest BCUT2D eigenvalue weighted by Crippen LogP contribution is -2.04. The van der Waals surface area contributed by atoms with Gasteiger partial charge in [0, 0.05) is 0 Å². The van der Waals surface area contributed by atoms with Crippen molar-refractivity contribution in [2.45, 2.75) is 71.1 Å². The first-order valence-electron chi connectivity index (χ1n) is 7.78. The maximum atomic E-state index is 13.7. The molecule has 0 aromatic carbocycles. The van der Waals surface area contributed by atoms with Crippen molar-refractivity contribution in [3.63, 3.8) is 0 Å². The van der Waals surface area contributed by atoms with Crippen LogP contribution in [0.2, 0.25) is 0 Å². The van der Waals surface area contributed by atoms with Gasteiger partial charge in [0.15, 0.2) is 0 Å². The summed E-state index contributed by atoms with van der Waals surface area (Å²) in [6.07, 6.45) is 9.69. The third-order valence-corrected chi connectivity index (χ3v) is 3.45. The average Bonchev–Trinajstić information content (AvgIpc) is 2.78. The molecule has 0 aliphatic rings. The first-order valence-corrected chi connectivity index (χ1v) is 7.78. The second-order valence-electron chi connectivity index (χ2n) is 5.26. The summed E-state index contributed by atoms with van der Waals surface area (Å²) < 4.78 is 17.9. The maximum Gasteiger partial charge on any atom is 0.512 e. The fourth-order valence-electron chi connectivity index (χ4n) is 2.27. The first kappa shape index (κ1) is 17.5. The predicted molar refractivity (Wildman–Crippen MR) is 78.1 cm³/mol. The molecule has 0 saturated heterocycles. The number of unbranched alkanes of at least 4 members (excludes halogenated alkanes) is 8. The van der Waals surface area contributed by atoms with E-state index in [9.17, 15) is 9.18 Å². The number of nitrogens with zero attached hydrogens (tertiary/aromatic N) is 1. The summed E-state index contributed by atoms with van der Waals surface area (Å²) in [7, 11) is 0. The molecule has 1 heterocycles. The summed E-state index contributed by atoms with van der Waals surface area (Å²) in [6.45, 7) is 2.21. The number of halogens is 1. The second-order valence-corrected chi connectivity index (χ2v) is 5.26. The Balaban J connectivity index is 2.10. The predicted octanol–water partition coefficient (Wildman–Crippen LogP) is 4.68. The van der Waals surface area contributed by atoms with Crippen LogP contribution in [-0.2, 0) is 6.42 Å². The first-order chi connectivity index (χ1) is 10.1. The van der Waals surface area contributed by atoms with Gasteiger partial charge in [-0.25, -0.2) is 9.89 Å². The zero-order valence-corrected chi connectivity index (χ0v) is 12.7. The van der Waals surface area contributed by atoms with E-state index in [0.29, 0.717) is 6.42 Å². The molecule has 21 heavy (non-hydrogen) atoms. The van der Waals surface area contributed by atoms with E-state index in [1.54, 1.807) is 0 Å². The molecule has 0 radical (unpaired) electrons. The molecule has 0 aliphatic carbocycles. The smallest absolute Gasteiger partial charge is 0.449 e. The van der Waals surface area contributed by atoms with Crippen LogP contribution in [0.5, 0.6) is 5.88 Å². The Labute approximate surface area is 124 Å². The molecule has 1 aromatic rings. The van der Waals surface area contributed by atoms with Crippen LogP contribution in [0.4, 0.5) is 9.18 Å². The van der Waals surface area contributed by atoms with Gasteiger partial charge in [-0.05, 0) is 12.8 Å². The van der Waals surface area contributed by atoms with Crippen molar-refractivity contribution in [3.05, 3.63) is 11.5 Å². The summed E-state index contributed by atoms with van der Waals surface area (Å²) in [5.41, 5.74) is 0.245. The lowest BCUT2D eigenvalue weighted by Gasteiger charge is -2.01. The minimum Gasteiger partial charge on any atom is -0.449 e. The van der Waals surface area contributed by atoms with E-state index in [4.69, 9.17) is 5.11 Å². The SMILES string of the molecule is CCCCCCCCCCCc1n[nH]c(OC(=O)O)c1F. The van der Waals surface area contributed by atoms with Gasteiger partial charge in [0.2, 0.25) is 5.82 Å². The van der Waals surface area contributed by atoms with Crippen LogP contribution in [0, 0.1) is 5.82 Å². The lowest BCUT2D eigenvalue weighted by atomic mass is 10.1. The van der Waals surface area contributed by atoms with Crippen molar-refractivity contribution >= 4 is 6.16 Å². The Morgan fingerprint density at radius 2 is 1.71 bits per heavy atom. The summed E-state index contributed by atoms with van der Waals surface area (Å²) >= 11 is 0. The zero-order valence-electron chi connectivity index (χ0n) is 12.7. The second kappa shape index (κ2) is 10.2. The van der Waals surface area contributed by atoms with Gasteiger partial charge in [-0.1, -0.05) is 58.3 Å². The van der Waals surface area contributed by atoms with Gasteiger partial charge in [-0.3, -0.25) is 0 Å². The van der Waals surface area contributed by atoms with Gasteiger partial charge in [-0.15, -0.1) is 0 Å². The minimum absolute atomic E-state index is 0.245. The van der Waals surface area contributed by atoms with E-state index in [1.165, 1.54) is 38.5 Å². The highest BCUT2D eigenvalue weighted by atomic mass is 19.1. The molecule has 1 rings (SSSR count). The molecular formula is C15H25FN2O3. The Morgan fingerprint density at radius 1 is 1.14 bits per heavy atom. The number of hydrogen-bond acceptors (Lipinski definition) is 3. The number of aromatic nitrogens is 2. The number of hydrogen-bond donors (Lipinski definition) is 2. The van der Waals surface area contributed by atoms with Crippen LogP contribution in [0.3, 0.4) is 0 Å². The highest BCUT2D eigenvalue weighted by molar-refractivity contribution is 5.60. The topological polar surface area (TPSA) is 75.2 Å². The van der Waals surface area contributed by atoms with Crippen LogP contribution >= 0.6 is 0 Å². The normalized spacial score (nSPS) is 10.8. The van der Waals surface area contributed by atoms with Crippen LogP contribution in [0.1, 0.15) is 70.4 Å². The fourth-order valence-corrected chi connectivity index (χ4v) is 2.27. The van der Waals surface area contributed by atoms with Crippen molar-refractivity contribution in [1.29, 1.82) is 0 Å². The zero-order chi connectivity index (χ0) is 15.5. The summed E-state index contributed by atoms with van der Waals surface area (Å²) in [6, 6.07) is 0. The maximum absolute atomic E-state index is 13.7. The third-order valence-electron chi connectivity index (χ3n) is 3.45. The van der Waals surface area contributed by atoms with Crippen LogP contribution in [0.25, 0.3) is 0 Å². The molecule has 0 atom stereocenters. The molecule has 120 valence electrons. The molecule has 0 bridgehead atoms. The third kappa shape index (κ3) is 7.11. The van der Waals surface area contributed by atoms with E-state index < -0.39 is 17.9 Å². The number of H-pyrrole nitrogens is 1. The number of ether oxygens (including phenoxy) is 1. The Hall–Kier alpha value is -1.59. The largest absolute Gasteiger partial charge is 0.512 e. The fraction of sp³-hybridized carbons (Fsp3) is 0.733. The molecule has 0 fully saturated rings. The van der Waals surface area contributed by atoms with Gasteiger partial charge >= 0.3 is 6.16 Å². The number of rotatable bonds is 11. The highest BCUT2D eigenvalue weighted by Gasteiger charge is 2.16. The van der Waals surface area contributed by atoms with Gasteiger partial charge in [0.05, 0.1) is 0 Å². The summed E-state index contributed by atoms with van der Waals surface area (Å²) in [5.74, 6) is -1.12. The van der Waals surface area contributed by atoms with Crippen molar-refractivity contribution in [1.82, 2.24) is 10.2 Å². The van der Waals surface area contributed by atoms with E-state index in [0.717, 1.165) is 19.3 Å². The molecule has 0 saturated carbocycles. The summed E-state index contributed by atoms with van der Waals surface area (Å²) in [5, 5.41) is 14.4. The standard InChI is InChI=1S/C15H25FN2O3/c1-2-3-4-5-6-7-8-9-10-11-12-13(16)14(18-17-12)21-15(19)20/h2-11H2,1H3,(H,17,18)(H,19,20). The molecule has 0 aliphatic heterocycles. The van der Waals surface area contributed by atoms with Gasteiger partial charge < -0.3 is 9.84 Å². The van der Waals surface area contributed by atoms with Gasteiger partial charge in [0.1, 0.15) is 5.69 Å². The quantitative estimate of drug-likeness (QED) is 0.459. The Morgan fingerprint density at radius 3 is 2.29 bits per heavy atom.